The van der Waals surface area contributed by atoms with Crippen molar-refractivity contribution in [3.63, 3.8) is 0 Å². The van der Waals surface area contributed by atoms with Gasteiger partial charge in [-0.3, -0.25) is 0 Å². The van der Waals surface area contributed by atoms with Gasteiger partial charge in [-0.2, -0.15) is 0 Å². The van der Waals surface area contributed by atoms with Crippen molar-refractivity contribution in [1.82, 2.24) is 0 Å². The summed E-state index contributed by atoms with van der Waals surface area (Å²) in [4.78, 5) is 4.13. The highest BCUT2D eigenvalue weighted by Crippen LogP contribution is 2.20. The van der Waals surface area contributed by atoms with E-state index in [1.54, 1.807) is 7.11 Å². The van der Waals surface area contributed by atoms with E-state index < -0.39 is 0 Å². The van der Waals surface area contributed by atoms with Gasteiger partial charge in [-0.05, 0) is 19.8 Å². The number of methoxy groups -OCH3 is 1. The molecule has 0 heterocycles. The lowest BCUT2D eigenvalue weighted by molar-refractivity contribution is 0.0422. The maximum atomic E-state index is 5.80. The van der Waals surface area contributed by atoms with E-state index in [0.29, 0.717) is 12.7 Å². The van der Waals surface area contributed by atoms with Crippen molar-refractivity contribution >= 4 is 6.40 Å². The maximum absolute atomic E-state index is 5.80. The van der Waals surface area contributed by atoms with Crippen LogP contribution in [0.25, 0.3) is 0 Å². The molecule has 3 heteroatoms. The van der Waals surface area contributed by atoms with Crippen molar-refractivity contribution in [2.24, 2.45) is 4.99 Å². The molecule has 0 unspecified atom stereocenters. The Morgan fingerprint density at radius 2 is 2.07 bits per heavy atom. The van der Waals surface area contributed by atoms with E-state index in [0.717, 1.165) is 5.70 Å². The van der Waals surface area contributed by atoms with Crippen molar-refractivity contribution in [2.75, 3.05) is 13.7 Å². The molecule has 0 spiro atoms. The van der Waals surface area contributed by atoms with Crippen LogP contribution >= 0.6 is 0 Å². The Kier molecular flexibility index (Phi) is 6.09. The van der Waals surface area contributed by atoms with Crippen molar-refractivity contribution in [3.8, 4) is 0 Å². The van der Waals surface area contributed by atoms with Crippen LogP contribution in [-0.4, -0.2) is 26.2 Å². The fourth-order valence-corrected chi connectivity index (χ4v) is 1.75. The molecule has 0 aromatic heterocycles. The van der Waals surface area contributed by atoms with Gasteiger partial charge in [0, 0.05) is 0 Å². The molecule has 0 amide bonds. The molecule has 0 atom stereocenters. The van der Waals surface area contributed by atoms with E-state index in [4.69, 9.17) is 9.47 Å². The first-order valence-corrected chi connectivity index (χ1v) is 5.69. The highest BCUT2D eigenvalue weighted by atomic mass is 16.5. The molecule has 0 aromatic rings. The third-order valence-corrected chi connectivity index (χ3v) is 2.68. The summed E-state index contributed by atoms with van der Waals surface area (Å²) in [7, 11) is 1.60. The average Bonchev–Trinajstić information content (AvgIpc) is 2.31. The normalized spacial score (nSPS) is 19.7. The van der Waals surface area contributed by atoms with E-state index in [-0.39, 0.29) is 0 Å². The number of nitrogens with zero attached hydrogens (tertiary/aromatic N) is 1. The van der Waals surface area contributed by atoms with Gasteiger partial charge in [0.25, 0.3) is 0 Å². The molecule has 0 bridgehead atoms. The lowest BCUT2D eigenvalue weighted by Gasteiger charge is -2.21. The molecule has 1 rings (SSSR count). The van der Waals surface area contributed by atoms with Crippen LogP contribution in [0, 0.1) is 0 Å². The summed E-state index contributed by atoms with van der Waals surface area (Å²) in [6.45, 7) is 2.56. The van der Waals surface area contributed by atoms with Crippen molar-refractivity contribution in [3.05, 3.63) is 11.8 Å². The van der Waals surface area contributed by atoms with Crippen LogP contribution in [0.1, 0.15) is 39.0 Å². The summed E-state index contributed by atoms with van der Waals surface area (Å²) in [6.07, 6.45) is 10.2. The van der Waals surface area contributed by atoms with Gasteiger partial charge in [0.1, 0.15) is 0 Å². The van der Waals surface area contributed by atoms with Gasteiger partial charge in [-0.1, -0.05) is 25.3 Å². The Balaban J connectivity index is 2.24. The predicted octanol–water partition coefficient (Wildman–Crippen LogP) is 2.91. The summed E-state index contributed by atoms with van der Waals surface area (Å²) < 4.78 is 10.6. The summed E-state index contributed by atoms with van der Waals surface area (Å²) in [5.41, 5.74) is 0.933. The van der Waals surface area contributed by atoms with Crippen molar-refractivity contribution in [2.45, 2.75) is 45.1 Å². The second-order valence-corrected chi connectivity index (χ2v) is 3.82. The minimum absolute atomic E-state index is 0.437. The molecule has 3 nitrogen and oxygen atoms in total. The van der Waals surface area contributed by atoms with Crippen LogP contribution in [0.2, 0.25) is 0 Å². The summed E-state index contributed by atoms with van der Waals surface area (Å²) >= 11 is 0. The topological polar surface area (TPSA) is 30.8 Å². The molecular weight excluding hydrogens is 190 g/mol. The fourth-order valence-electron chi connectivity index (χ4n) is 1.75. The Hall–Kier alpha value is -0.830. The van der Waals surface area contributed by atoms with Gasteiger partial charge < -0.3 is 9.47 Å². The molecule has 1 aliphatic carbocycles. The number of rotatable bonds is 5. The smallest absolute Gasteiger partial charge is 0.173 e. The number of ether oxygens (including phenoxy) is 2. The summed E-state index contributed by atoms with van der Waals surface area (Å²) in [5.74, 6) is 0. The number of aliphatic imine (C=N–C) groups is 1. The van der Waals surface area contributed by atoms with Gasteiger partial charge in [-0.15, -0.1) is 0 Å². The second kappa shape index (κ2) is 7.46. The molecule has 0 aromatic carbocycles. The first kappa shape index (κ1) is 12.2. The first-order chi connectivity index (χ1) is 7.36. The zero-order valence-corrected chi connectivity index (χ0v) is 9.74. The van der Waals surface area contributed by atoms with Crippen LogP contribution < -0.4 is 0 Å². The Morgan fingerprint density at radius 1 is 1.33 bits per heavy atom. The van der Waals surface area contributed by atoms with E-state index in [1.165, 1.54) is 38.5 Å². The molecule has 0 N–H and O–H groups in total. The Bertz CT molecular complexity index is 218. The van der Waals surface area contributed by atoms with Crippen LogP contribution in [-0.2, 0) is 9.47 Å². The van der Waals surface area contributed by atoms with Gasteiger partial charge in [-0.25, -0.2) is 4.99 Å². The molecule has 15 heavy (non-hydrogen) atoms. The van der Waals surface area contributed by atoms with Crippen LogP contribution in [0.5, 0.6) is 0 Å². The Labute approximate surface area is 92.2 Å². The average molecular weight is 211 g/mol. The van der Waals surface area contributed by atoms with Gasteiger partial charge >= 0.3 is 0 Å². The third-order valence-electron chi connectivity index (χ3n) is 2.68. The van der Waals surface area contributed by atoms with E-state index in [2.05, 4.69) is 4.99 Å². The minimum atomic E-state index is 0.437. The molecule has 0 saturated heterocycles. The molecule has 0 aliphatic heterocycles. The lowest BCUT2D eigenvalue weighted by atomic mass is 9.98. The number of allylic oxidation sites excluding steroid dienone is 1. The van der Waals surface area contributed by atoms with E-state index >= 15 is 0 Å². The van der Waals surface area contributed by atoms with Gasteiger partial charge in [0.15, 0.2) is 6.40 Å². The lowest BCUT2D eigenvalue weighted by Crippen LogP contribution is -2.17. The molecule has 0 radical (unpaired) electrons. The molecule has 1 aliphatic rings. The van der Waals surface area contributed by atoms with Crippen molar-refractivity contribution in [1.29, 1.82) is 0 Å². The van der Waals surface area contributed by atoms with E-state index in [9.17, 15) is 0 Å². The first-order valence-electron chi connectivity index (χ1n) is 5.69. The molecule has 1 fully saturated rings. The SMILES string of the molecule is C/C=C(\COC1CCCCC1)N=COC. The highest BCUT2D eigenvalue weighted by molar-refractivity contribution is 5.48. The summed E-state index contributed by atoms with van der Waals surface area (Å²) in [5, 5.41) is 0. The second-order valence-electron chi connectivity index (χ2n) is 3.82. The minimum Gasteiger partial charge on any atom is -0.486 e. The quantitative estimate of drug-likeness (QED) is 0.517. The standard InChI is InChI=1S/C12H21NO2/c1-3-11(13-10-14-2)9-15-12-7-5-4-6-8-12/h3,10,12H,4-9H2,1-2H3/b11-3+,13-10?. The zero-order chi connectivity index (χ0) is 10.9. The number of hydrogen-bond donors (Lipinski definition) is 0. The van der Waals surface area contributed by atoms with Crippen molar-refractivity contribution < 1.29 is 9.47 Å². The zero-order valence-electron chi connectivity index (χ0n) is 9.74. The molecular formula is C12H21NO2. The largest absolute Gasteiger partial charge is 0.486 e. The van der Waals surface area contributed by atoms with E-state index in [1.807, 2.05) is 13.0 Å². The number of hydrogen-bond acceptors (Lipinski definition) is 3. The molecule has 86 valence electrons. The fraction of sp³-hybridized carbons (Fsp3) is 0.750. The predicted molar refractivity (Wildman–Crippen MR) is 62.1 cm³/mol. The van der Waals surface area contributed by atoms with Gasteiger partial charge in [0.2, 0.25) is 0 Å². The van der Waals surface area contributed by atoms with Gasteiger partial charge in [0.05, 0.1) is 25.5 Å². The maximum Gasteiger partial charge on any atom is 0.173 e. The van der Waals surface area contributed by atoms with Crippen LogP contribution in [0.4, 0.5) is 0 Å². The van der Waals surface area contributed by atoms with Crippen LogP contribution in [0.3, 0.4) is 0 Å². The Morgan fingerprint density at radius 3 is 2.67 bits per heavy atom. The summed E-state index contributed by atoms with van der Waals surface area (Å²) in [6, 6.07) is 0. The molecule has 1 saturated carbocycles. The monoisotopic (exact) mass is 211 g/mol. The van der Waals surface area contributed by atoms with Crippen LogP contribution in [0.15, 0.2) is 16.8 Å². The highest BCUT2D eigenvalue weighted by Gasteiger charge is 2.13. The third kappa shape index (κ3) is 4.98.